The summed E-state index contributed by atoms with van der Waals surface area (Å²) in [6.45, 7) is 2.48. The van der Waals surface area contributed by atoms with E-state index >= 15 is 0 Å². The molecule has 0 aliphatic carbocycles. The van der Waals surface area contributed by atoms with Crippen LogP contribution in [-0.2, 0) is 0 Å². The Morgan fingerprint density at radius 1 is 1.16 bits per heavy atom. The maximum atomic E-state index is 13.4. The Hall–Kier alpha value is -2.31. The van der Waals surface area contributed by atoms with Crippen molar-refractivity contribution in [2.24, 2.45) is 0 Å². The molecule has 0 amide bonds. The van der Waals surface area contributed by atoms with E-state index in [0.717, 1.165) is 0 Å². The first-order valence-electron chi connectivity index (χ1n) is 5.58. The highest BCUT2D eigenvalue weighted by Gasteiger charge is 2.12. The molecule has 2 rings (SSSR count). The van der Waals surface area contributed by atoms with Crippen molar-refractivity contribution in [2.45, 2.75) is 6.92 Å². The maximum absolute atomic E-state index is 13.4. The van der Waals surface area contributed by atoms with E-state index in [2.05, 4.69) is 20.6 Å². The van der Waals surface area contributed by atoms with Gasteiger partial charge < -0.3 is 10.6 Å². The second-order valence-electron chi connectivity index (χ2n) is 3.67. The average Bonchev–Trinajstić information content (AvgIpc) is 2.35. The van der Waals surface area contributed by atoms with Gasteiger partial charge in [0.05, 0.1) is 0 Å². The molecule has 2 aromatic rings. The van der Waals surface area contributed by atoms with E-state index in [4.69, 9.17) is 0 Å². The summed E-state index contributed by atoms with van der Waals surface area (Å²) in [7, 11) is 0. The summed E-state index contributed by atoms with van der Waals surface area (Å²) in [5.41, 5.74) is -0.456. The molecule has 0 unspecified atom stereocenters. The topological polar surface area (TPSA) is 49.8 Å². The Balaban J connectivity index is 2.28. The predicted octanol–water partition coefficient (Wildman–Crippen LogP) is 3.07. The number of hydrogen-bond donors (Lipinski definition) is 2. The van der Waals surface area contributed by atoms with Gasteiger partial charge in [-0.3, -0.25) is 0 Å². The quantitative estimate of drug-likeness (QED) is 0.894. The minimum atomic E-state index is -1.03. The van der Waals surface area contributed by atoms with Crippen LogP contribution in [0.3, 0.4) is 0 Å². The fraction of sp³-hybridized carbons (Fsp3) is 0.167. The molecule has 0 aliphatic rings. The Morgan fingerprint density at radius 2 is 1.84 bits per heavy atom. The van der Waals surface area contributed by atoms with Crippen LogP contribution in [0, 0.1) is 17.5 Å². The fourth-order valence-corrected chi connectivity index (χ4v) is 1.46. The van der Waals surface area contributed by atoms with E-state index in [1.807, 2.05) is 6.92 Å². The first kappa shape index (κ1) is 13.1. The van der Waals surface area contributed by atoms with Gasteiger partial charge in [-0.25, -0.2) is 18.2 Å². The van der Waals surface area contributed by atoms with E-state index in [9.17, 15) is 13.2 Å². The molecule has 19 heavy (non-hydrogen) atoms. The van der Waals surface area contributed by atoms with Gasteiger partial charge >= 0.3 is 0 Å². The number of hydrogen-bond acceptors (Lipinski definition) is 4. The van der Waals surface area contributed by atoms with Gasteiger partial charge in [-0.2, -0.15) is 4.98 Å². The van der Waals surface area contributed by atoms with E-state index in [1.54, 1.807) is 0 Å². The van der Waals surface area contributed by atoms with Crippen LogP contribution in [0.25, 0.3) is 0 Å². The highest BCUT2D eigenvalue weighted by Crippen LogP contribution is 2.23. The van der Waals surface area contributed by atoms with Crippen molar-refractivity contribution in [3.05, 3.63) is 41.8 Å². The molecule has 1 heterocycles. The largest absolute Gasteiger partial charge is 0.354 e. The minimum absolute atomic E-state index is 0.204. The van der Waals surface area contributed by atoms with Gasteiger partial charge in [0, 0.05) is 24.9 Å². The summed E-state index contributed by atoms with van der Waals surface area (Å²) < 4.78 is 39.7. The van der Waals surface area contributed by atoms with Crippen LogP contribution < -0.4 is 10.6 Å². The summed E-state index contributed by atoms with van der Waals surface area (Å²) in [4.78, 5) is 7.92. The molecule has 0 fully saturated rings. The van der Waals surface area contributed by atoms with Gasteiger partial charge in [0.1, 0.15) is 17.3 Å². The molecule has 2 N–H and O–H groups in total. The first-order chi connectivity index (χ1) is 9.10. The lowest BCUT2D eigenvalue weighted by molar-refractivity contribution is 0.549. The summed E-state index contributed by atoms with van der Waals surface area (Å²) in [5, 5.41) is 5.32. The second-order valence-corrected chi connectivity index (χ2v) is 3.67. The predicted molar refractivity (Wildman–Crippen MR) is 65.8 cm³/mol. The monoisotopic (exact) mass is 268 g/mol. The lowest BCUT2D eigenvalue weighted by Gasteiger charge is -2.09. The molecule has 1 aromatic heterocycles. The number of rotatable bonds is 4. The lowest BCUT2D eigenvalue weighted by Crippen LogP contribution is -2.05. The first-order valence-corrected chi connectivity index (χ1v) is 5.58. The summed E-state index contributed by atoms with van der Waals surface area (Å²) >= 11 is 0. The number of nitrogens with zero attached hydrogens (tertiary/aromatic N) is 2. The Morgan fingerprint density at radius 3 is 2.47 bits per heavy atom. The third-order valence-corrected chi connectivity index (χ3v) is 2.25. The van der Waals surface area contributed by atoms with Crippen LogP contribution in [0.5, 0.6) is 0 Å². The Kier molecular flexibility index (Phi) is 3.84. The molecule has 4 nitrogen and oxygen atoms in total. The van der Waals surface area contributed by atoms with Gasteiger partial charge in [0.15, 0.2) is 11.6 Å². The number of anilines is 3. The van der Waals surface area contributed by atoms with Crippen molar-refractivity contribution in [3.63, 3.8) is 0 Å². The molecule has 0 bridgehead atoms. The number of nitrogens with one attached hydrogen (secondary N) is 2. The van der Waals surface area contributed by atoms with Crippen LogP contribution in [-0.4, -0.2) is 16.5 Å². The number of benzene rings is 1. The zero-order valence-corrected chi connectivity index (χ0v) is 10.0. The normalized spacial score (nSPS) is 10.3. The third-order valence-electron chi connectivity index (χ3n) is 2.25. The van der Waals surface area contributed by atoms with Crippen LogP contribution in [0.15, 0.2) is 24.4 Å². The van der Waals surface area contributed by atoms with Crippen molar-refractivity contribution >= 4 is 17.5 Å². The van der Waals surface area contributed by atoms with Crippen molar-refractivity contribution in [3.8, 4) is 0 Å². The molecule has 100 valence electrons. The van der Waals surface area contributed by atoms with Gasteiger partial charge in [0.25, 0.3) is 0 Å². The molecule has 0 saturated heterocycles. The molecule has 1 aromatic carbocycles. The maximum Gasteiger partial charge on any atom is 0.224 e. The minimum Gasteiger partial charge on any atom is -0.354 e. The van der Waals surface area contributed by atoms with Crippen molar-refractivity contribution < 1.29 is 13.2 Å². The van der Waals surface area contributed by atoms with Crippen LogP contribution >= 0.6 is 0 Å². The van der Waals surface area contributed by atoms with Crippen molar-refractivity contribution in [2.75, 3.05) is 17.2 Å². The van der Waals surface area contributed by atoms with Gasteiger partial charge in [-0.15, -0.1) is 0 Å². The van der Waals surface area contributed by atoms with Gasteiger partial charge in [0.2, 0.25) is 5.95 Å². The molecular weight excluding hydrogens is 257 g/mol. The van der Waals surface area contributed by atoms with Crippen molar-refractivity contribution in [1.82, 2.24) is 9.97 Å². The average molecular weight is 268 g/mol. The molecule has 0 radical (unpaired) electrons. The van der Waals surface area contributed by atoms with Gasteiger partial charge in [-0.1, -0.05) is 0 Å². The Bertz CT molecular complexity index is 566. The Labute approximate surface area is 107 Å². The van der Waals surface area contributed by atoms with Gasteiger partial charge in [-0.05, 0) is 13.0 Å². The molecule has 0 atom stereocenters. The summed E-state index contributed by atoms with van der Waals surface area (Å²) in [5.74, 6) is -2.50. The zero-order valence-electron chi connectivity index (χ0n) is 10.0. The summed E-state index contributed by atoms with van der Waals surface area (Å²) in [6, 6.07) is 2.64. The smallest absolute Gasteiger partial charge is 0.224 e. The van der Waals surface area contributed by atoms with E-state index < -0.39 is 23.1 Å². The van der Waals surface area contributed by atoms with Crippen LogP contribution in [0.2, 0.25) is 0 Å². The standard InChI is InChI=1S/C12H11F3N4/c1-2-16-12-17-4-3-10(19-12)18-11-8(14)5-7(13)6-9(11)15/h3-6H,2H2,1H3,(H2,16,17,18,19). The lowest BCUT2D eigenvalue weighted by atomic mass is 10.2. The van der Waals surface area contributed by atoms with E-state index in [1.165, 1.54) is 12.3 Å². The fourth-order valence-electron chi connectivity index (χ4n) is 1.46. The van der Waals surface area contributed by atoms with Crippen LogP contribution in [0.4, 0.5) is 30.6 Å². The molecule has 0 aliphatic heterocycles. The highest BCUT2D eigenvalue weighted by molar-refractivity contribution is 5.58. The van der Waals surface area contributed by atoms with Crippen molar-refractivity contribution in [1.29, 1.82) is 0 Å². The summed E-state index contributed by atoms with van der Waals surface area (Å²) in [6.07, 6.45) is 1.44. The third kappa shape index (κ3) is 3.12. The SMILES string of the molecule is CCNc1nccc(Nc2c(F)cc(F)cc2F)n1. The van der Waals surface area contributed by atoms with E-state index in [0.29, 0.717) is 24.6 Å². The van der Waals surface area contributed by atoms with Crippen LogP contribution in [0.1, 0.15) is 6.92 Å². The molecule has 0 spiro atoms. The van der Waals surface area contributed by atoms with E-state index in [-0.39, 0.29) is 5.82 Å². The molecule has 0 saturated carbocycles. The molecule has 7 heteroatoms. The highest BCUT2D eigenvalue weighted by atomic mass is 19.1. The number of halogens is 3. The second kappa shape index (κ2) is 5.55. The zero-order chi connectivity index (χ0) is 13.8. The number of aromatic nitrogens is 2. The molecular formula is C12H11F3N4.